The number of rotatable bonds is 4. The van der Waals surface area contributed by atoms with Gasteiger partial charge in [-0.1, -0.05) is 35.9 Å². The lowest BCUT2D eigenvalue weighted by Crippen LogP contribution is -2.41. The fourth-order valence-electron chi connectivity index (χ4n) is 4.49. The van der Waals surface area contributed by atoms with Gasteiger partial charge in [-0.3, -0.25) is 19.3 Å². The zero-order valence-corrected chi connectivity index (χ0v) is 17.4. The summed E-state index contributed by atoms with van der Waals surface area (Å²) in [5.74, 6) is -1.10. The number of hydrazone groups is 1. The number of nitrogens with zero attached hydrogens (tertiary/aromatic N) is 3. The molecule has 1 aromatic carbocycles. The van der Waals surface area contributed by atoms with Gasteiger partial charge in [-0.15, -0.1) is 0 Å². The summed E-state index contributed by atoms with van der Waals surface area (Å²) in [6.45, 7) is -0.320. The lowest BCUT2D eigenvalue weighted by atomic mass is 9.85. The third kappa shape index (κ3) is 3.49. The molecule has 1 aliphatic carbocycles. The standard InChI is InChI=1S/C23H20ClN3O4/c24-15-9-7-14(8-10-15)18-12-19(20-6-3-11-31-20)27(25-18)21(28)13-26-22(29)16-4-1-2-5-17(16)23(26)30/h1-3,6-11,16-17,19H,4-5,12-13H2/t16-,17+,19-/m1/s1. The topological polar surface area (TPSA) is 83.2 Å². The first-order chi connectivity index (χ1) is 15.0. The fourth-order valence-corrected chi connectivity index (χ4v) is 4.62. The van der Waals surface area contributed by atoms with E-state index < -0.39 is 11.9 Å². The monoisotopic (exact) mass is 437 g/mol. The van der Waals surface area contributed by atoms with Crippen LogP contribution in [0.15, 0.2) is 64.3 Å². The van der Waals surface area contributed by atoms with Crippen LogP contribution in [0.5, 0.6) is 0 Å². The van der Waals surface area contributed by atoms with Crippen molar-refractivity contribution in [1.29, 1.82) is 0 Å². The normalized spacial score (nSPS) is 25.2. The van der Waals surface area contributed by atoms with E-state index in [-0.39, 0.29) is 30.2 Å². The summed E-state index contributed by atoms with van der Waals surface area (Å²) >= 11 is 5.99. The van der Waals surface area contributed by atoms with Gasteiger partial charge in [0, 0.05) is 11.4 Å². The van der Waals surface area contributed by atoms with Crippen molar-refractivity contribution in [3.8, 4) is 0 Å². The van der Waals surface area contributed by atoms with E-state index in [2.05, 4.69) is 5.10 Å². The summed E-state index contributed by atoms with van der Waals surface area (Å²) in [7, 11) is 0. The number of hydrogen-bond donors (Lipinski definition) is 0. The molecule has 0 saturated carbocycles. The van der Waals surface area contributed by atoms with Crippen molar-refractivity contribution >= 4 is 35.0 Å². The summed E-state index contributed by atoms with van der Waals surface area (Å²) < 4.78 is 5.55. The number of fused-ring (bicyclic) bond motifs is 1. The molecule has 0 N–H and O–H groups in total. The number of imide groups is 1. The molecule has 7 nitrogen and oxygen atoms in total. The molecular formula is C23H20ClN3O4. The molecule has 0 bridgehead atoms. The summed E-state index contributed by atoms with van der Waals surface area (Å²) in [4.78, 5) is 39.8. The van der Waals surface area contributed by atoms with Crippen LogP contribution in [0.2, 0.25) is 5.02 Å². The van der Waals surface area contributed by atoms with E-state index in [0.717, 1.165) is 10.5 Å². The fraction of sp³-hybridized carbons (Fsp3) is 0.304. The third-order valence-electron chi connectivity index (χ3n) is 6.11. The van der Waals surface area contributed by atoms with E-state index in [4.69, 9.17) is 16.0 Å². The van der Waals surface area contributed by atoms with Crippen molar-refractivity contribution in [3.05, 3.63) is 71.2 Å². The van der Waals surface area contributed by atoms with Gasteiger partial charge in [0.2, 0.25) is 11.8 Å². The molecule has 3 heterocycles. The van der Waals surface area contributed by atoms with Gasteiger partial charge in [-0.05, 0) is 42.7 Å². The summed E-state index contributed by atoms with van der Waals surface area (Å²) in [6.07, 6.45) is 6.93. The number of carbonyl (C=O) groups is 3. The summed E-state index contributed by atoms with van der Waals surface area (Å²) in [6, 6.07) is 10.3. The SMILES string of the molecule is O=C1[C@H]2CC=CC[C@H]2C(=O)N1CC(=O)N1N=C(c2ccc(Cl)cc2)C[C@@H]1c1ccco1. The molecule has 1 saturated heterocycles. The number of carbonyl (C=O) groups excluding carboxylic acids is 3. The number of furan rings is 1. The van der Waals surface area contributed by atoms with E-state index in [1.54, 1.807) is 30.5 Å². The summed E-state index contributed by atoms with van der Waals surface area (Å²) in [5.41, 5.74) is 1.56. The zero-order valence-electron chi connectivity index (χ0n) is 16.6. The quantitative estimate of drug-likeness (QED) is 0.540. The average Bonchev–Trinajstić information content (AvgIpc) is 3.51. The molecule has 3 aliphatic rings. The van der Waals surface area contributed by atoms with Crippen molar-refractivity contribution in [2.24, 2.45) is 16.9 Å². The van der Waals surface area contributed by atoms with Gasteiger partial charge in [0.25, 0.3) is 5.91 Å². The van der Waals surface area contributed by atoms with Crippen LogP contribution in [-0.2, 0) is 14.4 Å². The molecule has 3 amide bonds. The number of halogens is 1. The maximum absolute atomic E-state index is 13.2. The first-order valence-electron chi connectivity index (χ1n) is 10.2. The van der Waals surface area contributed by atoms with E-state index in [1.165, 1.54) is 5.01 Å². The predicted molar refractivity (Wildman–Crippen MR) is 113 cm³/mol. The largest absolute Gasteiger partial charge is 0.467 e. The number of hydrogen-bond acceptors (Lipinski definition) is 5. The minimum Gasteiger partial charge on any atom is -0.467 e. The lowest BCUT2D eigenvalue weighted by Gasteiger charge is -2.22. The van der Waals surface area contributed by atoms with Gasteiger partial charge < -0.3 is 4.42 Å². The Morgan fingerprint density at radius 3 is 2.35 bits per heavy atom. The highest BCUT2D eigenvalue weighted by molar-refractivity contribution is 6.30. The number of amides is 3. The molecule has 3 atom stereocenters. The molecule has 2 aromatic rings. The highest BCUT2D eigenvalue weighted by atomic mass is 35.5. The van der Waals surface area contributed by atoms with Crippen LogP contribution in [-0.4, -0.2) is 39.9 Å². The van der Waals surface area contributed by atoms with E-state index >= 15 is 0 Å². The second-order valence-corrected chi connectivity index (χ2v) is 8.38. The van der Waals surface area contributed by atoms with Crippen LogP contribution in [0.4, 0.5) is 0 Å². The van der Waals surface area contributed by atoms with E-state index in [9.17, 15) is 14.4 Å². The Hall–Kier alpha value is -3.19. The number of likely N-dealkylation sites (tertiary alicyclic amines) is 1. The van der Waals surface area contributed by atoms with Gasteiger partial charge in [-0.2, -0.15) is 5.10 Å². The van der Waals surface area contributed by atoms with Gasteiger partial charge in [-0.25, -0.2) is 5.01 Å². The Bertz CT molecular complexity index is 1060. The van der Waals surface area contributed by atoms with Crippen molar-refractivity contribution in [1.82, 2.24) is 9.91 Å². The lowest BCUT2D eigenvalue weighted by molar-refractivity contribution is -0.147. The van der Waals surface area contributed by atoms with Gasteiger partial charge >= 0.3 is 0 Å². The molecule has 0 radical (unpaired) electrons. The molecule has 0 spiro atoms. The van der Waals surface area contributed by atoms with Crippen molar-refractivity contribution in [2.45, 2.75) is 25.3 Å². The van der Waals surface area contributed by atoms with Crippen LogP contribution in [0, 0.1) is 11.8 Å². The molecule has 1 aromatic heterocycles. The Morgan fingerprint density at radius 1 is 1.06 bits per heavy atom. The van der Waals surface area contributed by atoms with Crippen molar-refractivity contribution in [3.63, 3.8) is 0 Å². The van der Waals surface area contributed by atoms with Crippen LogP contribution >= 0.6 is 11.6 Å². The molecule has 0 unspecified atom stereocenters. The van der Waals surface area contributed by atoms with E-state index in [1.807, 2.05) is 24.3 Å². The van der Waals surface area contributed by atoms with Crippen LogP contribution in [0.25, 0.3) is 0 Å². The smallest absolute Gasteiger partial charge is 0.263 e. The van der Waals surface area contributed by atoms with Crippen LogP contribution in [0.3, 0.4) is 0 Å². The molecule has 5 rings (SSSR count). The van der Waals surface area contributed by atoms with Gasteiger partial charge in [0.05, 0.1) is 23.8 Å². The second-order valence-electron chi connectivity index (χ2n) is 7.95. The third-order valence-corrected chi connectivity index (χ3v) is 6.36. The molecule has 2 aliphatic heterocycles. The zero-order chi connectivity index (χ0) is 21.5. The highest BCUT2D eigenvalue weighted by Crippen LogP contribution is 2.37. The molecule has 1 fully saturated rings. The molecular weight excluding hydrogens is 418 g/mol. The second kappa shape index (κ2) is 7.81. The molecule has 158 valence electrons. The van der Waals surface area contributed by atoms with Gasteiger partial charge in [0.15, 0.2) is 0 Å². The minimum absolute atomic E-state index is 0.275. The molecule has 31 heavy (non-hydrogen) atoms. The van der Waals surface area contributed by atoms with Crippen molar-refractivity contribution in [2.75, 3.05) is 6.54 Å². The summed E-state index contributed by atoms with van der Waals surface area (Å²) in [5, 5.41) is 6.49. The Labute approximate surface area is 183 Å². The number of benzene rings is 1. The Balaban J connectivity index is 1.40. The average molecular weight is 438 g/mol. The maximum Gasteiger partial charge on any atom is 0.263 e. The minimum atomic E-state index is -0.440. The van der Waals surface area contributed by atoms with Crippen molar-refractivity contribution < 1.29 is 18.8 Å². The van der Waals surface area contributed by atoms with Gasteiger partial charge in [0.1, 0.15) is 18.3 Å². The Kier molecular flexibility index (Phi) is 4.98. The Morgan fingerprint density at radius 2 is 1.74 bits per heavy atom. The first kappa shape index (κ1) is 19.8. The molecule has 8 heteroatoms. The maximum atomic E-state index is 13.2. The van der Waals surface area contributed by atoms with Crippen LogP contribution in [0.1, 0.15) is 36.6 Å². The predicted octanol–water partition coefficient (Wildman–Crippen LogP) is 3.56. The van der Waals surface area contributed by atoms with Crippen LogP contribution < -0.4 is 0 Å². The van der Waals surface area contributed by atoms with E-state index in [0.29, 0.717) is 35.8 Å². The number of allylic oxidation sites excluding steroid dienone is 2. The first-order valence-corrected chi connectivity index (χ1v) is 10.6. The highest BCUT2D eigenvalue weighted by Gasteiger charge is 2.48.